The van der Waals surface area contributed by atoms with Crippen molar-refractivity contribution in [3.05, 3.63) is 0 Å². The Hall–Kier alpha value is 0.160. The third kappa shape index (κ3) is 28.3. The van der Waals surface area contributed by atoms with Crippen molar-refractivity contribution in [1.82, 2.24) is 0 Å². The monoisotopic (exact) mass is 428 g/mol. The zero-order chi connectivity index (χ0) is 16.9. The Bertz CT molecular complexity index is 197. The first-order chi connectivity index (χ1) is 10.7. The molecule has 0 atom stereocenters. The number of carboxylic acid groups (broad SMARTS) is 1. The van der Waals surface area contributed by atoms with Gasteiger partial charge in [-0.15, -0.1) is 0 Å². The largest absolute Gasteiger partial charge is 0.481 e. The van der Waals surface area contributed by atoms with Crippen LogP contribution in [0, 0.1) is 0 Å². The number of halogens is 1. The van der Waals surface area contributed by atoms with E-state index < -0.39 is 5.97 Å². The molecule has 3 nitrogen and oxygen atoms in total. The minimum absolute atomic E-state index is 0.192. The van der Waals surface area contributed by atoms with Gasteiger partial charge in [-0.25, -0.2) is 0 Å². The summed E-state index contributed by atoms with van der Waals surface area (Å²) in [5, 5.41) is 16.4. The van der Waals surface area contributed by atoms with Crippen molar-refractivity contribution < 1.29 is 15.0 Å². The van der Waals surface area contributed by atoms with E-state index in [4.69, 9.17) is 10.2 Å². The topological polar surface area (TPSA) is 57.5 Å². The standard InChI is InChI=1S/C16H34O.C2H3IO2/c1-2-3-4-5-6-7-8-9-10-11-12-13-14-15-16-17;3-1-2(4)5/h17H,2-16H2,1H3;1H2,(H,4,5). The van der Waals surface area contributed by atoms with Crippen LogP contribution in [0.3, 0.4) is 0 Å². The maximum atomic E-state index is 9.36. The fraction of sp³-hybridized carbons (Fsp3) is 0.944. The Labute approximate surface area is 151 Å². The molecule has 0 spiro atoms. The van der Waals surface area contributed by atoms with Gasteiger partial charge in [0.05, 0.1) is 4.43 Å². The summed E-state index contributed by atoms with van der Waals surface area (Å²) in [6.45, 7) is 2.65. The lowest BCUT2D eigenvalue weighted by molar-refractivity contribution is -0.133. The predicted molar refractivity (Wildman–Crippen MR) is 104 cm³/mol. The highest BCUT2D eigenvalue weighted by Gasteiger charge is 1.93. The van der Waals surface area contributed by atoms with Gasteiger partial charge in [-0.1, -0.05) is 113 Å². The summed E-state index contributed by atoms with van der Waals surface area (Å²) in [5.41, 5.74) is 0. The lowest BCUT2D eigenvalue weighted by Crippen LogP contribution is -1.91. The van der Waals surface area contributed by atoms with E-state index in [2.05, 4.69) is 6.92 Å². The minimum atomic E-state index is -0.759. The normalized spacial score (nSPS) is 10.1. The molecule has 0 saturated carbocycles. The van der Waals surface area contributed by atoms with Crippen LogP contribution in [0.5, 0.6) is 0 Å². The maximum Gasteiger partial charge on any atom is 0.313 e. The van der Waals surface area contributed by atoms with Crippen LogP contribution in [0.1, 0.15) is 96.8 Å². The second-order valence-electron chi connectivity index (χ2n) is 5.85. The highest BCUT2D eigenvalue weighted by Crippen LogP contribution is 2.12. The molecule has 2 N–H and O–H groups in total. The smallest absolute Gasteiger partial charge is 0.313 e. The van der Waals surface area contributed by atoms with Gasteiger partial charge in [0.25, 0.3) is 0 Å². The first-order valence-electron chi connectivity index (χ1n) is 9.07. The van der Waals surface area contributed by atoms with Crippen LogP contribution >= 0.6 is 22.6 Å². The lowest BCUT2D eigenvalue weighted by atomic mass is 10.0. The number of hydrogen-bond donors (Lipinski definition) is 2. The number of carboxylic acids is 1. The first-order valence-corrected chi connectivity index (χ1v) is 10.6. The van der Waals surface area contributed by atoms with E-state index in [0.717, 1.165) is 6.42 Å². The second kappa shape index (κ2) is 23.4. The van der Waals surface area contributed by atoms with Crippen molar-refractivity contribution >= 4 is 28.6 Å². The lowest BCUT2D eigenvalue weighted by Gasteiger charge is -2.02. The van der Waals surface area contributed by atoms with Crippen LogP contribution in [0.25, 0.3) is 0 Å². The van der Waals surface area contributed by atoms with Crippen molar-refractivity contribution in [1.29, 1.82) is 0 Å². The fourth-order valence-corrected chi connectivity index (χ4v) is 2.31. The van der Waals surface area contributed by atoms with Crippen molar-refractivity contribution in [3.63, 3.8) is 0 Å². The highest BCUT2D eigenvalue weighted by atomic mass is 127. The van der Waals surface area contributed by atoms with Gasteiger partial charge in [0.15, 0.2) is 0 Å². The molecule has 22 heavy (non-hydrogen) atoms. The molecule has 134 valence electrons. The molecule has 0 amide bonds. The number of carbonyl (C=O) groups is 1. The van der Waals surface area contributed by atoms with Gasteiger partial charge in [0, 0.05) is 6.61 Å². The Morgan fingerprint density at radius 1 is 0.727 bits per heavy atom. The molecular weight excluding hydrogens is 391 g/mol. The van der Waals surface area contributed by atoms with E-state index >= 15 is 0 Å². The SMILES string of the molecule is CCCCCCCCCCCCCCCCO.O=C(O)CI. The van der Waals surface area contributed by atoms with Gasteiger partial charge in [-0.3, -0.25) is 4.79 Å². The molecule has 0 bridgehead atoms. The van der Waals surface area contributed by atoms with Gasteiger partial charge in [-0.05, 0) is 6.42 Å². The van der Waals surface area contributed by atoms with Crippen molar-refractivity contribution in [3.8, 4) is 0 Å². The van der Waals surface area contributed by atoms with E-state index in [1.165, 1.54) is 83.5 Å². The van der Waals surface area contributed by atoms with Crippen molar-refractivity contribution in [2.45, 2.75) is 96.8 Å². The first kappa shape index (κ1) is 24.4. The number of aliphatic carboxylic acids is 1. The minimum Gasteiger partial charge on any atom is -0.481 e. The Balaban J connectivity index is 0. The molecule has 0 heterocycles. The van der Waals surface area contributed by atoms with E-state index in [0.29, 0.717) is 6.61 Å². The summed E-state index contributed by atoms with van der Waals surface area (Å²) < 4.78 is 0.192. The van der Waals surface area contributed by atoms with Crippen LogP contribution in [-0.2, 0) is 4.79 Å². The Kier molecular flexibility index (Phi) is 26.0. The van der Waals surface area contributed by atoms with Gasteiger partial charge < -0.3 is 10.2 Å². The number of rotatable bonds is 15. The molecule has 0 saturated heterocycles. The average molecular weight is 428 g/mol. The molecule has 0 fully saturated rings. The number of alkyl halides is 1. The maximum absolute atomic E-state index is 9.36. The molecule has 0 aliphatic carbocycles. The van der Waals surface area contributed by atoms with Gasteiger partial charge in [0.2, 0.25) is 0 Å². The van der Waals surface area contributed by atoms with Crippen LogP contribution in [0.15, 0.2) is 0 Å². The average Bonchev–Trinajstić information content (AvgIpc) is 2.52. The van der Waals surface area contributed by atoms with Crippen molar-refractivity contribution in [2.75, 3.05) is 11.0 Å². The molecular formula is C18H37IO3. The second-order valence-corrected chi connectivity index (χ2v) is 6.61. The van der Waals surface area contributed by atoms with E-state index in [-0.39, 0.29) is 4.43 Å². The van der Waals surface area contributed by atoms with Crippen LogP contribution in [0.4, 0.5) is 0 Å². The fourth-order valence-electron chi connectivity index (χ4n) is 2.31. The van der Waals surface area contributed by atoms with Crippen molar-refractivity contribution in [2.24, 2.45) is 0 Å². The summed E-state index contributed by atoms with van der Waals surface area (Å²) in [6.07, 6.45) is 19.2. The summed E-state index contributed by atoms with van der Waals surface area (Å²) in [7, 11) is 0. The third-order valence-corrected chi connectivity index (χ3v) is 4.28. The quantitative estimate of drug-likeness (QED) is 0.192. The molecule has 4 heteroatoms. The van der Waals surface area contributed by atoms with Gasteiger partial charge >= 0.3 is 5.97 Å². The number of aliphatic hydroxyl groups is 1. The molecule has 0 unspecified atom stereocenters. The number of unbranched alkanes of at least 4 members (excludes halogenated alkanes) is 13. The molecule has 0 aliphatic rings. The van der Waals surface area contributed by atoms with Crippen LogP contribution < -0.4 is 0 Å². The van der Waals surface area contributed by atoms with Gasteiger partial charge in [0.1, 0.15) is 0 Å². The number of aliphatic hydroxyl groups excluding tert-OH is 1. The summed E-state index contributed by atoms with van der Waals surface area (Å²) in [6, 6.07) is 0. The van der Waals surface area contributed by atoms with E-state index in [1.54, 1.807) is 22.6 Å². The molecule has 0 aliphatic heterocycles. The zero-order valence-electron chi connectivity index (χ0n) is 14.5. The number of hydrogen-bond acceptors (Lipinski definition) is 2. The predicted octanol–water partition coefficient (Wildman–Crippen LogP) is 5.97. The Morgan fingerprint density at radius 3 is 1.23 bits per heavy atom. The molecule has 0 radical (unpaired) electrons. The van der Waals surface area contributed by atoms with Gasteiger partial charge in [-0.2, -0.15) is 0 Å². The van der Waals surface area contributed by atoms with Crippen LogP contribution in [0.2, 0.25) is 0 Å². The summed E-state index contributed by atoms with van der Waals surface area (Å²) in [4.78, 5) is 9.36. The third-order valence-electron chi connectivity index (χ3n) is 3.63. The Morgan fingerprint density at radius 2 is 1.00 bits per heavy atom. The highest BCUT2D eigenvalue weighted by molar-refractivity contribution is 14.1. The molecule has 0 aromatic carbocycles. The zero-order valence-corrected chi connectivity index (χ0v) is 16.7. The van der Waals surface area contributed by atoms with Crippen LogP contribution in [-0.4, -0.2) is 27.2 Å². The molecule has 0 rings (SSSR count). The summed E-state index contributed by atoms with van der Waals surface area (Å²) in [5.74, 6) is -0.759. The van der Waals surface area contributed by atoms with E-state index in [9.17, 15) is 4.79 Å². The van der Waals surface area contributed by atoms with E-state index in [1.807, 2.05) is 0 Å². The molecule has 0 aromatic rings. The molecule has 0 aromatic heterocycles. The summed E-state index contributed by atoms with van der Waals surface area (Å²) >= 11 is 1.78.